The van der Waals surface area contributed by atoms with Crippen LogP contribution in [0.5, 0.6) is 5.88 Å². The van der Waals surface area contributed by atoms with Gasteiger partial charge in [0.2, 0.25) is 5.88 Å². The zero-order valence-corrected chi connectivity index (χ0v) is 13.1. The second kappa shape index (κ2) is 6.73. The van der Waals surface area contributed by atoms with Gasteiger partial charge in [-0.05, 0) is 40.5 Å². The number of nitrogens with one attached hydrogen (secondary N) is 1. The van der Waals surface area contributed by atoms with Gasteiger partial charge in [0, 0.05) is 13.0 Å². The Kier molecular flexibility index (Phi) is 5.58. The van der Waals surface area contributed by atoms with Crippen LogP contribution >= 0.6 is 0 Å². The number of nitrogens with zero attached hydrogens (tertiary/aromatic N) is 2. The van der Waals surface area contributed by atoms with Gasteiger partial charge in [0.1, 0.15) is 17.2 Å². The van der Waals surface area contributed by atoms with E-state index >= 15 is 0 Å². The quantitative estimate of drug-likeness (QED) is 0.851. The van der Waals surface area contributed by atoms with Crippen molar-refractivity contribution in [3.05, 3.63) is 11.4 Å². The Morgan fingerprint density at radius 3 is 2.32 bits per heavy atom. The van der Waals surface area contributed by atoms with Crippen molar-refractivity contribution >= 4 is 5.82 Å². The minimum absolute atomic E-state index is 0.245. The van der Waals surface area contributed by atoms with Gasteiger partial charge >= 0.3 is 0 Å². The molecular formula is C15H27N3O. The smallest absolute Gasteiger partial charge is 0.222 e. The van der Waals surface area contributed by atoms with Crippen LogP contribution in [0.25, 0.3) is 0 Å². The van der Waals surface area contributed by atoms with Crippen molar-refractivity contribution in [2.75, 3.05) is 11.9 Å². The van der Waals surface area contributed by atoms with Crippen molar-refractivity contribution in [2.45, 2.75) is 66.4 Å². The SMILES string of the molecule is CCCNc1nc(CCC)nc(OC(C)(C)C)c1C. The molecule has 0 aliphatic rings. The predicted molar refractivity (Wildman–Crippen MR) is 79.9 cm³/mol. The van der Waals surface area contributed by atoms with Crippen molar-refractivity contribution in [3.8, 4) is 5.88 Å². The van der Waals surface area contributed by atoms with E-state index in [4.69, 9.17) is 4.74 Å². The first kappa shape index (κ1) is 15.7. The number of anilines is 1. The standard InChI is InChI=1S/C15H27N3O/c1-7-9-12-17-13(16-10-8-2)11(3)14(18-12)19-15(4,5)6/h7-10H2,1-6H3,(H,16,17,18). The Balaban J connectivity index is 3.09. The first-order valence-electron chi connectivity index (χ1n) is 7.17. The topological polar surface area (TPSA) is 47.0 Å². The lowest BCUT2D eigenvalue weighted by atomic mass is 10.2. The molecule has 0 fully saturated rings. The summed E-state index contributed by atoms with van der Waals surface area (Å²) in [6.45, 7) is 13.3. The minimum Gasteiger partial charge on any atom is -0.472 e. The lowest BCUT2D eigenvalue weighted by molar-refractivity contribution is 0.122. The fourth-order valence-electron chi connectivity index (χ4n) is 1.68. The molecule has 0 aliphatic heterocycles. The molecule has 1 aromatic rings. The van der Waals surface area contributed by atoms with Crippen LogP contribution in [-0.4, -0.2) is 22.1 Å². The van der Waals surface area contributed by atoms with E-state index in [1.54, 1.807) is 0 Å². The van der Waals surface area contributed by atoms with Crippen LogP contribution in [0.1, 0.15) is 58.8 Å². The van der Waals surface area contributed by atoms with Crippen molar-refractivity contribution in [1.29, 1.82) is 0 Å². The number of hydrogen-bond donors (Lipinski definition) is 1. The fourth-order valence-corrected chi connectivity index (χ4v) is 1.68. The first-order chi connectivity index (χ1) is 8.87. The van der Waals surface area contributed by atoms with Crippen molar-refractivity contribution < 1.29 is 4.74 Å². The van der Waals surface area contributed by atoms with Crippen molar-refractivity contribution in [1.82, 2.24) is 9.97 Å². The van der Waals surface area contributed by atoms with Crippen LogP contribution < -0.4 is 10.1 Å². The molecule has 4 heteroatoms. The van der Waals surface area contributed by atoms with Crippen LogP contribution in [0.15, 0.2) is 0 Å². The molecule has 1 heterocycles. The maximum atomic E-state index is 5.95. The van der Waals surface area contributed by atoms with Crippen molar-refractivity contribution in [2.24, 2.45) is 0 Å². The molecule has 0 bridgehead atoms. The number of hydrogen-bond acceptors (Lipinski definition) is 4. The summed E-state index contributed by atoms with van der Waals surface area (Å²) in [6.07, 6.45) is 2.98. The van der Waals surface area contributed by atoms with Crippen LogP contribution in [0.3, 0.4) is 0 Å². The molecule has 1 rings (SSSR count). The summed E-state index contributed by atoms with van der Waals surface area (Å²) in [6, 6.07) is 0. The Labute approximate surface area is 117 Å². The van der Waals surface area contributed by atoms with Gasteiger partial charge in [0.05, 0.1) is 5.56 Å². The zero-order chi connectivity index (χ0) is 14.5. The monoisotopic (exact) mass is 265 g/mol. The summed E-state index contributed by atoms with van der Waals surface area (Å²) in [5.74, 6) is 2.45. The minimum atomic E-state index is -0.245. The maximum Gasteiger partial charge on any atom is 0.222 e. The zero-order valence-electron chi connectivity index (χ0n) is 13.1. The Bertz CT molecular complexity index is 411. The highest BCUT2D eigenvalue weighted by Gasteiger charge is 2.18. The number of aromatic nitrogens is 2. The van der Waals surface area contributed by atoms with E-state index in [0.717, 1.165) is 43.0 Å². The van der Waals surface area contributed by atoms with Crippen molar-refractivity contribution in [3.63, 3.8) is 0 Å². The molecular weight excluding hydrogens is 238 g/mol. The number of aryl methyl sites for hydroxylation is 1. The molecule has 0 radical (unpaired) electrons. The van der Waals surface area contributed by atoms with Gasteiger partial charge in [-0.3, -0.25) is 0 Å². The highest BCUT2D eigenvalue weighted by Crippen LogP contribution is 2.25. The average molecular weight is 265 g/mol. The molecule has 0 unspecified atom stereocenters. The highest BCUT2D eigenvalue weighted by atomic mass is 16.5. The molecule has 0 atom stereocenters. The largest absolute Gasteiger partial charge is 0.472 e. The van der Waals surface area contributed by atoms with Gasteiger partial charge in [-0.25, -0.2) is 4.98 Å². The van der Waals surface area contributed by atoms with Crippen LogP contribution in [0.2, 0.25) is 0 Å². The van der Waals surface area contributed by atoms with Gasteiger partial charge in [-0.1, -0.05) is 13.8 Å². The summed E-state index contributed by atoms with van der Waals surface area (Å²) < 4.78 is 5.95. The van der Waals surface area contributed by atoms with Gasteiger partial charge in [0.15, 0.2) is 0 Å². The average Bonchev–Trinajstić information content (AvgIpc) is 2.30. The lowest BCUT2D eigenvalue weighted by Gasteiger charge is -2.23. The molecule has 1 N–H and O–H groups in total. The number of ether oxygens (including phenoxy) is 1. The van der Waals surface area contributed by atoms with Gasteiger partial charge < -0.3 is 10.1 Å². The molecule has 4 nitrogen and oxygen atoms in total. The van der Waals surface area contributed by atoms with E-state index in [0.29, 0.717) is 5.88 Å². The van der Waals surface area contributed by atoms with E-state index in [9.17, 15) is 0 Å². The Morgan fingerprint density at radius 2 is 1.79 bits per heavy atom. The van der Waals surface area contributed by atoms with E-state index < -0.39 is 0 Å². The summed E-state index contributed by atoms with van der Waals surface area (Å²) in [5, 5.41) is 3.36. The normalized spacial score (nSPS) is 11.5. The molecule has 0 saturated carbocycles. The maximum absolute atomic E-state index is 5.95. The van der Waals surface area contributed by atoms with E-state index in [2.05, 4.69) is 29.1 Å². The molecule has 0 amide bonds. The van der Waals surface area contributed by atoms with Crippen LogP contribution in [-0.2, 0) is 6.42 Å². The van der Waals surface area contributed by atoms with E-state index in [-0.39, 0.29) is 5.60 Å². The van der Waals surface area contributed by atoms with Crippen LogP contribution in [0.4, 0.5) is 5.82 Å². The molecule has 0 spiro atoms. The fraction of sp³-hybridized carbons (Fsp3) is 0.733. The molecule has 0 saturated heterocycles. The first-order valence-corrected chi connectivity index (χ1v) is 7.17. The lowest BCUT2D eigenvalue weighted by Crippen LogP contribution is -2.25. The summed E-state index contributed by atoms with van der Waals surface area (Å²) in [7, 11) is 0. The van der Waals surface area contributed by atoms with Gasteiger partial charge in [0.25, 0.3) is 0 Å². The predicted octanol–water partition coefficient (Wildman–Crippen LogP) is 3.74. The highest BCUT2D eigenvalue weighted by molar-refractivity contribution is 5.48. The van der Waals surface area contributed by atoms with E-state index in [1.165, 1.54) is 0 Å². The summed E-state index contributed by atoms with van der Waals surface area (Å²) >= 11 is 0. The summed E-state index contributed by atoms with van der Waals surface area (Å²) in [5.41, 5.74) is 0.744. The van der Waals surface area contributed by atoms with Gasteiger partial charge in [-0.2, -0.15) is 4.98 Å². The molecule has 19 heavy (non-hydrogen) atoms. The Morgan fingerprint density at radius 1 is 1.11 bits per heavy atom. The second-order valence-corrected chi connectivity index (χ2v) is 5.81. The second-order valence-electron chi connectivity index (χ2n) is 5.81. The third-order valence-electron chi connectivity index (χ3n) is 2.57. The molecule has 0 aromatic carbocycles. The molecule has 1 aromatic heterocycles. The van der Waals surface area contributed by atoms with Crippen LogP contribution in [0, 0.1) is 6.92 Å². The Hall–Kier alpha value is -1.32. The molecule has 0 aliphatic carbocycles. The third-order valence-corrected chi connectivity index (χ3v) is 2.57. The molecule has 108 valence electrons. The third kappa shape index (κ3) is 5.05. The summed E-state index contributed by atoms with van der Waals surface area (Å²) in [4.78, 5) is 9.13. The van der Waals surface area contributed by atoms with E-state index in [1.807, 2.05) is 27.7 Å². The van der Waals surface area contributed by atoms with Gasteiger partial charge in [-0.15, -0.1) is 0 Å². The number of rotatable bonds is 6.